The Hall–Kier alpha value is -1.47. The summed E-state index contributed by atoms with van der Waals surface area (Å²) in [6, 6.07) is -0.945. The van der Waals surface area contributed by atoms with Crippen molar-refractivity contribution in [1.29, 1.82) is 0 Å². The lowest BCUT2D eigenvalue weighted by atomic mass is 10.2. The van der Waals surface area contributed by atoms with Gasteiger partial charge in [0.1, 0.15) is 10.9 Å². The number of aliphatic hydroxyl groups is 1. The quantitative estimate of drug-likeness (QED) is 0.783. The molecule has 0 bridgehead atoms. The predicted molar refractivity (Wildman–Crippen MR) is 59.9 cm³/mol. The van der Waals surface area contributed by atoms with Crippen molar-refractivity contribution in [2.45, 2.75) is 25.5 Å². The summed E-state index contributed by atoms with van der Waals surface area (Å²) in [4.78, 5) is 28.7. The van der Waals surface area contributed by atoms with Crippen molar-refractivity contribution < 1.29 is 19.8 Å². The summed E-state index contributed by atoms with van der Waals surface area (Å²) in [5.41, 5.74) is 2.13. The Bertz CT molecular complexity index is 459. The molecule has 0 radical (unpaired) electrons. The van der Waals surface area contributed by atoms with Crippen LogP contribution < -0.4 is 0 Å². The number of carbonyl (C=O) groups is 2. The van der Waals surface area contributed by atoms with Gasteiger partial charge < -0.3 is 15.1 Å². The van der Waals surface area contributed by atoms with Crippen molar-refractivity contribution in [1.82, 2.24) is 9.88 Å². The number of carboxylic acid groups (broad SMARTS) is 1. The largest absolute Gasteiger partial charge is 0.480 e. The maximum Gasteiger partial charge on any atom is 0.326 e. The Balaban J connectivity index is 2.25. The highest BCUT2D eigenvalue weighted by Gasteiger charge is 2.39. The minimum absolute atomic E-state index is 0.0626. The van der Waals surface area contributed by atoms with Gasteiger partial charge in [0.15, 0.2) is 0 Å². The fourth-order valence-electron chi connectivity index (χ4n) is 1.91. The lowest BCUT2D eigenvalue weighted by molar-refractivity contribution is -0.141. The Kier molecular flexibility index (Phi) is 3.12. The van der Waals surface area contributed by atoms with E-state index in [1.807, 2.05) is 0 Å². The van der Waals surface area contributed by atoms with E-state index in [2.05, 4.69) is 4.98 Å². The van der Waals surface area contributed by atoms with Crippen LogP contribution in [0, 0.1) is 6.92 Å². The zero-order valence-corrected chi connectivity index (χ0v) is 9.98. The Morgan fingerprint density at radius 1 is 1.59 bits per heavy atom. The minimum atomic E-state index is -1.09. The molecule has 2 rings (SSSR count). The standard InChI is InChI=1S/C10H12N2O4S/c1-5-8(17-4-11-5)9(14)12-3-6(13)2-7(12)10(15)16/h4,6-7,13H,2-3H2,1H3,(H,15,16)/t6?,7-/m0/s1. The fraction of sp³-hybridized carbons (Fsp3) is 0.500. The molecule has 0 aromatic carbocycles. The normalized spacial score (nSPS) is 24.0. The van der Waals surface area contributed by atoms with Crippen LogP contribution in [0.15, 0.2) is 5.51 Å². The smallest absolute Gasteiger partial charge is 0.326 e. The van der Waals surface area contributed by atoms with E-state index in [-0.39, 0.29) is 18.9 Å². The van der Waals surface area contributed by atoms with Crippen molar-refractivity contribution in [2.24, 2.45) is 0 Å². The van der Waals surface area contributed by atoms with Crippen molar-refractivity contribution >= 4 is 23.2 Å². The lowest BCUT2D eigenvalue weighted by Gasteiger charge is -2.20. The Labute approximate surface area is 102 Å². The molecule has 17 heavy (non-hydrogen) atoms. The number of amides is 1. The number of likely N-dealkylation sites (tertiary alicyclic amines) is 1. The van der Waals surface area contributed by atoms with E-state index in [1.165, 1.54) is 16.2 Å². The predicted octanol–water partition coefficient (Wildman–Crippen LogP) is 0.112. The van der Waals surface area contributed by atoms with Gasteiger partial charge in [0.2, 0.25) is 0 Å². The van der Waals surface area contributed by atoms with Gasteiger partial charge in [-0.3, -0.25) is 4.79 Å². The SMILES string of the molecule is Cc1ncsc1C(=O)N1CC(O)C[C@H]1C(=O)O. The van der Waals surface area contributed by atoms with Gasteiger partial charge in [0.05, 0.1) is 17.3 Å². The van der Waals surface area contributed by atoms with Gasteiger partial charge >= 0.3 is 5.97 Å². The molecule has 1 fully saturated rings. The molecule has 2 N–H and O–H groups in total. The number of aliphatic carboxylic acids is 1. The number of β-amino-alcohol motifs (C(OH)–C–C–N with tert-alkyl or cyclic N) is 1. The highest BCUT2D eigenvalue weighted by atomic mass is 32.1. The van der Waals surface area contributed by atoms with E-state index in [1.54, 1.807) is 12.4 Å². The van der Waals surface area contributed by atoms with Gasteiger partial charge in [-0.15, -0.1) is 11.3 Å². The molecule has 1 aromatic rings. The van der Waals surface area contributed by atoms with E-state index < -0.39 is 18.1 Å². The minimum Gasteiger partial charge on any atom is -0.480 e. The number of aryl methyl sites for hydroxylation is 1. The molecule has 92 valence electrons. The number of rotatable bonds is 2. The molecule has 0 aliphatic carbocycles. The molecule has 1 amide bonds. The summed E-state index contributed by atoms with van der Waals surface area (Å²) in [5, 5.41) is 18.5. The molecule has 2 heterocycles. The zero-order chi connectivity index (χ0) is 12.6. The van der Waals surface area contributed by atoms with Crippen LogP contribution in [0.2, 0.25) is 0 Å². The lowest BCUT2D eigenvalue weighted by Crippen LogP contribution is -2.40. The van der Waals surface area contributed by atoms with Crippen LogP contribution in [0.4, 0.5) is 0 Å². The van der Waals surface area contributed by atoms with Crippen LogP contribution >= 0.6 is 11.3 Å². The molecule has 6 nitrogen and oxygen atoms in total. The molecule has 1 saturated heterocycles. The molecule has 1 unspecified atom stereocenters. The third kappa shape index (κ3) is 2.16. The summed E-state index contributed by atoms with van der Waals surface area (Å²) in [5.74, 6) is -1.45. The second-order valence-corrected chi connectivity index (χ2v) is 4.82. The van der Waals surface area contributed by atoms with Crippen LogP contribution in [0.1, 0.15) is 21.8 Å². The van der Waals surface area contributed by atoms with Gasteiger partial charge in [-0.25, -0.2) is 9.78 Å². The number of carbonyl (C=O) groups excluding carboxylic acids is 1. The van der Waals surface area contributed by atoms with Gasteiger partial charge in [-0.1, -0.05) is 0 Å². The number of aromatic nitrogens is 1. The van der Waals surface area contributed by atoms with Gasteiger partial charge in [-0.05, 0) is 6.92 Å². The molecular formula is C10H12N2O4S. The number of thiazole rings is 1. The van der Waals surface area contributed by atoms with Gasteiger partial charge in [-0.2, -0.15) is 0 Å². The Morgan fingerprint density at radius 2 is 2.29 bits per heavy atom. The second-order valence-electron chi connectivity index (χ2n) is 3.97. The highest BCUT2D eigenvalue weighted by Crippen LogP contribution is 2.23. The number of nitrogens with zero attached hydrogens (tertiary/aromatic N) is 2. The zero-order valence-electron chi connectivity index (χ0n) is 9.16. The van der Waals surface area contributed by atoms with Crippen LogP contribution in [-0.4, -0.2) is 50.7 Å². The molecule has 2 atom stereocenters. The summed E-state index contributed by atoms with van der Waals surface area (Å²) >= 11 is 1.18. The molecule has 1 aromatic heterocycles. The third-order valence-electron chi connectivity index (χ3n) is 2.76. The molecule has 7 heteroatoms. The maximum absolute atomic E-state index is 12.1. The topological polar surface area (TPSA) is 90.7 Å². The number of aliphatic hydroxyl groups excluding tert-OH is 1. The average molecular weight is 256 g/mol. The van der Waals surface area contributed by atoms with Crippen LogP contribution in [-0.2, 0) is 4.79 Å². The maximum atomic E-state index is 12.1. The molecule has 0 saturated carbocycles. The van der Waals surface area contributed by atoms with Gasteiger partial charge in [0, 0.05) is 13.0 Å². The monoisotopic (exact) mass is 256 g/mol. The Morgan fingerprint density at radius 3 is 2.82 bits per heavy atom. The van der Waals surface area contributed by atoms with E-state index in [0.717, 1.165) is 0 Å². The molecule has 1 aliphatic heterocycles. The second kappa shape index (κ2) is 4.42. The third-order valence-corrected chi connectivity index (χ3v) is 3.68. The fourth-order valence-corrected chi connectivity index (χ4v) is 2.67. The van der Waals surface area contributed by atoms with E-state index in [0.29, 0.717) is 10.6 Å². The van der Waals surface area contributed by atoms with Gasteiger partial charge in [0.25, 0.3) is 5.91 Å². The summed E-state index contributed by atoms with van der Waals surface area (Å²) < 4.78 is 0. The van der Waals surface area contributed by atoms with Crippen LogP contribution in [0.3, 0.4) is 0 Å². The summed E-state index contributed by atoms with van der Waals surface area (Å²) in [7, 11) is 0. The molecule has 0 spiro atoms. The van der Waals surface area contributed by atoms with Crippen molar-refractivity contribution in [3.63, 3.8) is 0 Å². The van der Waals surface area contributed by atoms with Crippen molar-refractivity contribution in [3.8, 4) is 0 Å². The summed E-state index contributed by atoms with van der Waals surface area (Å²) in [6.45, 7) is 1.76. The van der Waals surface area contributed by atoms with Crippen LogP contribution in [0.25, 0.3) is 0 Å². The molecular weight excluding hydrogens is 244 g/mol. The average Bonchev–Trinajstić information content (AvgIpc) is 2.83. The number of hydrogen-bond donors (Lipinski definition) is 2. The number of hydrogen-bond acceptors (Lipinski definition) is 5. The van der Waals surface area contributed by atoms with E-state index in [4.69, 9.17) is 5.11 Å². The van der Waals surface area contributed by atoms with E-state index >= 15 is 0 Å². The first-order chi connectivity index (χ1) is 8.00. The molecule has 1 aliphatic rings. The highest BCUT2D eigenvalue weighted by molar-refractivity contribution is 7.11. The van der Waals surface area contributed by atoms with E-state index in [9.17, 15) is 14.7 Å². The van der Waals surface area contributed by atoms with Crippen molar-refractivity contribution in [3.05, 3.63) is 16.1 Å². The van der Waals surface area contributed by atoms with Crippen LogP contribution in [0.5, 0.6) is 0 Å². The summed E-state index contributed by atoms with van der Waals surface area (Å²) in [6.07, 6.45) is -0.688. The van der Waals surface area contributed by atoms with Crippen molar-refractivity contribution in [2.75, 3.05) is 6.54 Å². The number of carboxylic acids is 1. The first kappa shape index (κ1) is 12.0. The first-order valence-electron chi connectivity index (χ1n) is 5.12. The first-order valence-corrected chi connectivity index (χ1v) is 6.00.